The van der Waals surface area contributed by atoms with Gasteiger partial charge in [-0.25, -0.2) is 4.79 Å². The zero-order valence-corrected chi connectivity index (χ0v) is 20.4. The van der Waals surface area contributed by atoms with Gasteiger partial charge in [-0.15, -0.1) is 0 Å². The number of rotatable bonds is 14. The Balaban J connectivity index is 2.95. The molecule has 1 aromatic rings. The Bertz CT molecular complexity index is 935. The van der Waals surface area contributed by atoms with Gasteiger partial charge < -0.3 is 42.7 Å². The molecule has 13 nitrogen and oxygen atoms in total. The van der Waals surface area contributed by atoms with E-state index in [1.807, 2.05) is 0 Å². The molecule has 5 atom stereocenters. The smallest absolute Gasteiger partial charge is 0.326 e. The second kappa shape index (κ2) is 14.0. The van der Waals surface area contributed by atoms with Gasteiger partial charge in [0.25, 0.3) is 0 Å². The highest BCUT2D eigenvalue weighted by molar-refractivity contribution is 5.94. The Labute approximate surface area is 208 Å². The van der Waals surface area contributed by atoms with E-state index < -0.39 is 65.8 Å². The minimum Gasteiger partial charge on any atom is -0.508 e. The molecule has 10 N–H and O–H groups in total. The second-order valence-electron chi connectivity index (χ2n) is 8.84. The molecule has 4 amide bonds. The Morgan fingerprint density at radius 1 is 0.889 bits per heavy atom. The first kappa shape index (κ1) is 30.3. The zero-order chi connectivity index (χ0) is 27.6. The lowest BCUT2D eigenvalue weighted by Gasteiger charge is -2.27. The third-order valence-corrected chi connectivity index (χ3v) is 5.33. The number of carboxylic acids is 1. The topological polar surface area (TPSA) is 234 Å². The molecule has 0 aliphatic rings. The quantitative estimate of drug-likeness (QED) is 0.140. The molecular formula is C23H35N5O8. The number of primary amides is 1. The van der Waals surface area contributed by atoms with Gasteiger partial charge in [-0.05, 0) is 43.4 Å². The molecule has 0 fully saturated rings. The number of carboxylic acid groups (broad SMARTS) is 1. The number of amides is 4. The maximum Gasteiger partial charge on any atom is 0.326 e. The SMILES string of the molecule is CC(C)C(NC(=O)C(CCC(N)=O)NC(=O)C(NC(=O)C(N)Cc1ccc(O)cc1)C(C)O)C(=O)O. The fraction of sp³-hybridized carbons (Fsp3) is 0.522. The molecule has 0 saturated carbocycles. The average Bonchev–Trinajstić information content (AvgIpc) is 2.78. The third kappa shape index (κ3) is 9.88. The molecule has 0 aromatic heterocycles. The standard InChI is InChI=1S/C23H35N5O8/c1-11(2)18(23(35)36)27-21(33)16(8-9-17(25)31)26-22(34)19(12(3)29)28-20(32)15(24)10-13-4-6-14(30)7-5-13/h4-7,11-12,15-16,18-19,29-30H,8-10,24H2,1-3H3,(H2,25,31)(H,26,34)(H,27,33)(H,28,32)(H,35,36). The predicted molar refractivity (Wildman–Crippen MR) is 128 cm³/mol. The lowest BCUT2D eigenvalue weighted by Crippen LogP contribution is -2.60. The fourth-order valence-corrected chi connectivity index (χ4v) is 3.23. The molecule has 0 bridgehead atoms. The van der Waals surface area contributed by atoms with Crippen molar-refractivity contribution < 1.29 is 39.3 Å². The number of nitrogens with one attached hydrogen (secondary N) is 3. The number of carbonyl (C=O) groups excluding carboxylic acids is 4. The number of aliphatic carboxylic acids is 1. The number of nitrogens with two attached hydrogens (primary N) is 2. The molecule has 36 heavy (non-hydrogen) atoms. The summed E-state index contributed by atoms with van der Waals surface area (Å²) in [5.41, 5.74) is 11.7. The zero-order valence-electron chi connectivity index (χ0n) is 20.4. The summed E-state index contributed by atoms with van der Waals surface area (Å²) in [5.74, 6) is -5.04. The first-order chi connectivity index (χ1) is 16.7. The van der Waals surface area contributed by atoms with Crippen LogP contribution in [0, 0.1) is 5.92 Å². The van der Waals surface area contributed by atoms with Crippen molar-refractivity contribution in [3.63, 3.8) is 0 Å². The van der Waals surface area contributed by atoms with E-state index in [1.165, 1.54) is 19.1 Å². The van der Waals surface area contributed by atoms with E-state index in [4.69, 9.17) is 11.5 Å². The number of phenols is 1. The molecule has 1 rings (SSSR count). The highest BCUT2D eigenvalue weighted by Crippen LogP contribution is 2.11. The van der Waals surface area contributed by atoms with Crippen LogP contribution in [-0.4, -0.2) is 75.2 Å². The number of phenolic OH excluding ortho intramolecular Hbond substituents is 1. The molecule has 13 heteroatoms. The lowest BCUT2D eigenvalue weighted by atomic mass is 10.0. The lowest BCUT2D eigenvalue weighted by molar-refractivity contribution is -0.143. The second-order valence-corrected chi connectivity index (χ2v) is 8.84. The Hall–Kier alpha value is -3.71. The normalized spacial score (nSPS) is 15.2. The van der Waals surface area contributed by atoms with Gasteiger partial charge in [0, 0.05) is 6.42 Å². The van der Waals surface area contributed by atoms with Crippen LogP contribution in [-0.2, 0) is 30.4 Å². The number of hydrogen-bond donors (Lipinski definition) is 8. The van der Waals surface area contributed by atoms with Crippen molar-refractivity contribution in [3.8, 4) is 5.75 Å². The minimum atomic E-state index is -1.51. The van der Waals surface area contributed by atoms with Crippen molar-refractivity contribution in [1.82, 2.24) is 16.0 Å². The first-order valence-corrected chi connectivity index (χ1v) is 11.4. The summed E-state index contributed by atoms with van der Waals surface area (Å²) in [7, 11) is 0. The van der Waals surface area contributed by atoms with Crippen molar-refractivity contribution in [3.05, 3.63) is 29.8 Å². The summed E-state index contributed by atoms with van der Waals surface area (Å²) in [5, 5.41) is 35.8. The predicted octanol–water partition coefficient (Wildman–Crippen LogP) is -1.90. The van der Waals surface area contributed by atoms with Crippen LogP contribution < -0.4 is 27.4 Å². The van der Waals surface area contributed by atoms with Gasteiger partial charge in [0.05, 0.1) is 12.1 Å². The molecule has 0 saturated heterocycles. The van der Waals surface area contributed by atoms with Gasteiger partial charge in [-0.3, -0.25) is 19.2 Å². The van der Waals surface area contributed by atoms with Gasteiger partial charge in [-0.2, -0.15) is 0 Å². The number of aliphatic hydroxyl groups excluding tert-OH is 1. The van der Waals surface area contributed by atoms with Gasteiger partial charge in [0.15, 0.2) is 0 Å². The van der Waals surface area contributed by atoms with Crippen LogP contribution in [0.25, 0.3) is 0 Å². The van der Waals surface area contributed by atoms with Crippen LogP contribution in [0.2, 0.25) is 0 Å². The molecule has 0 heterocycles. The van der Waals surface area contributed by atoms with E-state index in [-0.39, 0.29) is 25.0 Å². The van der Waals surface area contributed by atoms with E-state index in [0.717, 1.165) is 0 Å². The Kier molecular flexibility index (Phi) is 11.8. The van der Waals surface area contributed by atoms with Crippen molar-refractivity contribution in [2.75, 3.05) is 0 Å². The van der Waals surface area contributed by atoms with Gasteiger partial charge in [-0.1, -0.05) is 26.0 Å². The van der Waals surface area contributed by atoms with Gasteiger partial charge >= 0.3 is 5.97 Å². The van der Waals surface area contributed by atoms with E-state index in [1.54, 1.807) is 26.0 Å². The summed E-state index contributed by atoms with van der Waals surface area (Å²) in [4.78, 5) is 60.9. The van der Waals surface area contributed by atoms with Crippen LogP contribution >= 0.6 is 0 Å². The Morgan fingerprint density at radius 2 is 1.44 bits per heavy atom. The summed E-state index contributed by atoms with van der Waals surface area (Å²) in [6, 6.07) is 0.780. The van der Waals surface area contributed by atoms with Crippen molar-refractivity contribution >= 4 is 29.6 Å². The number of benzene rings is 1. The van der Waals surface area contributed by atoms with E-state index >= 15 is 0 Å². The maximum absolute atomic E-state index is 12.9. The third-order valence-electron chi connectivity index (χ3n) is 5.33. The van der Waals surface area contributed by atoms with Crippen LogP contribution in [0.5, 0.6) is 5.75 Å². The van der Waals surface area contributed by atoms with Crippen molar-refractivity contribution in [1.29, 1.82) is 0 Å². The van der Waals surface area contributed by atoms with Gasteiger partial charge in [0.2, 0.25) is 23.6 Å². The van der Waals surface area contributed by atoms with E-state index in [9.17, 15) is 39.3 Å². The van der Waals surface area contributed by atoms with Crippen molar-refractivity contribution in [2.24, 2.45) is 17.4 Å². The minimum absolute atomic E-state index is 0.0422. The summed E-state index contributed by atoms with van der Waals surface area (Å²) < 4.78 is 0. The number of carbonyl (C=O) groups is 5. The monoisotopic (exact) mass is 509 g/mol. The highest BCUT2D eigenvalue weighted by Gasteiger charge is 2.33. The highest BCUT2D eigenvalue weighted by atomic mass is 16.4. The number of aromatic hydroxyl groups is 1. The largest absolute Gasteiger partial charge is 0.508 e. The van der Waals surface area contributed by atoms with E-state index in [0.29, 0.717) is 5.56 Å². The maximum atomic E-state index is 12.9. The molecular weight excluding hydrogens is 474 g/mol. The van der Waals surface area contributed by atoms with Crippen molar-refractivity contribution in [2.45, 2.75) is 70.3 Å². The molecule has 0 spiro atoms. The van der Waals surface area contributed by atoms with Crippen LogP contribution in [0.4, 0.5) is 0 Å². The van der Waals surface area contributed by atoms with Crippen LogP contribution in [0.15, 0.2) is 24.3 Å². The molecule has 1 aromatic carbocycles. The summed E-state index contributed by atoms with van der Waals surface area (Å²) in [6.07, 6.45) is -1.84. The molecule has 0 aliphatic heterocycles. The number of aliphatic hydroxyl groups is 1. The first-order valence-electron chi connectivity index (χ1n) is 11.4. The average molecular weight is 510 g/mol. The molecule has 0 radical (unpaired) electrons. The van der Waals surface area contributed by atoms with E-state index in [2.05, 4.69) is 16.0 Å². The van der Waals surface area contributed by atoms with Gasteiger partial charge in [0.1, 0.15) is 23.9 Å². The molecule has 0 aliphatic carbocycles. The van der Waals surface area contributed by atoms with Crippen LogP contribution in [0.1, 0.15) is 39.2 Å². The number of hydrogen-bond acceptors (Lipinski definition) is 8. The Morgan fingerprint density at radius 3 is 1.92 bits per heavy atom. The molecule has 200 valence electrons. The summed E-state index contributed by atoms with van der Waals surface area (Å²) in [6.45, 7) is 4.40. The molecule has 5 unspecified atom stereocenters. The fourth-order valence-electron chi connectivity index (χ4n) is 3.23. The summed E-state index contributed by atoms with van der Waals surface area (Å²) >= 11 is 0. The van der Waals surface area contributed by atoms with Crippen LogP contribution in [0.3, 0.4) is 0 Å².